The summed E-state index contributed by atoms with van der Waals surface area (Å²) in [6, 6.07) is 2.14. The highest BCUT2D eigenvalue weighted by Crippen LogP contribution is 2.31. The van der Waals surface area contributed by atoms with E-state index in [2.05, 4.69) is 10.1 Å². The molecule has 7 heteroatoms. The molecule has 1 rings (SSSR count). The monoisotopic (exact) mass is 295 g/mol. The van der Waals surface area contributed by atoms with E-state index in [0.29, 0.717) is 0 Å². The van der Waals surface area contributed by atoms with Crippen LogP contribution in [0.15, 0.2) is 12.1 Å². The lowest BCUT2D eigenvalue weighted by molar-refractivity contribution is -0.158. The minimum absolute atomic E-state index is 0.0562. The molecule has 18 heavy (non-hydrogen) atoms. The number of carbonyl (C=O) groups excluding carboxylic acids is 1. The van der Waals surface area contributed by atoms with Crippen LogP contribution < -0.4 is 5.32 Å². The Bertz CT molecular complexity index is 443. The van der Waals surface area contributed by atoms with E-state index in [9.17, 15) is 14.3 Å². The third-order valence-corrected chi connectivity index (χ3v) is 2.84. The maximum Gasteiger partial charge on any atom is 0.339 e. The number of ether oxygens (including phenoxy) is 1. The summed E-state index contributed by atoms with van der Waals surface area (Å²) in [5, 5.41) is 12.6. The molecule has 1 atom stereocenters. The van der Waals surface area contributed by atoms with Gasteiger partial charge in [0.05, 0.1) is 29.4 Å². The lowest BCUT2D eigenvalue weighted by Gasteiger charge is -2.22. The van der Waals surface area contributed by atoms with Gasteiger partial charge in [-0.3, -0.25) is 0 Å². The molecule has 0 aromatic heterocycles. The Labute approximate surface area is 114 Å². The summed E-state index contributed by atoms with van der Waals surface area (Å²) in [6.45, 7) is 1.10. The summed E-state index contributed by atoms with van der Waals surface area (Å²) >= 11 is 11.6. The van der Waals surface area contributed by atoms with Gasteiger partial charge in [0.15, 0.2) is 5.60 Å². The highest BCUT2D eigenvalue weighted by molar-refractivity contribution is 6.39. The van der Waals surface area contributed by atoms with E-state index in [1.807, 2.05) is 0 Å². The topological polar surface area (TPSA) is 58.6 Å². The second kappa shape index (κ2) is 5.73. The van der Waals surface area contributed by atoms with Crippen molar-refractivity contribution in [3.63, 3.8) is 0 Å². The molecule has 0 radical (unpaired) electrons. The van der Waals surface area contributed by atoms with E-state index < -0.39 is 17.4 Å². The first-order valence-corrected chi connectivity index (χ1v) is 5.72. The van der Waals surface area contributed by atoms with E-state index in [1.165, 1.54) is 6.92 Å². The number of carbonyl (C=O) groups is 1. The molecular weight excluding hydrogens is 284 g/mol. The first-order valence-electron chi connectivity index (χ1n) is 4.97. The highest BCUT2D eigenvalue weighted by atomic mass is 35.5. The number of nitrogens with one attached hydrogen (secondary N) is 1. The first-order chi connectivity index (χ1) is 8.27. The van der Waals surface area contributed by atoms with Gasteiger partial charge in [0.2, 0.25) is 0 Å². The van der Waals surface area contributed by atoms with Crippen molar-refractivity contribution < 1.29 is 19.0 Å². The van der Waals surface area contributed by atoms with Gasteiger partial charge in [-0.2, -0.15) is 0 Å². The molecule has 1 unspecified atom stereocenters. The van der Waals surface area contributed by atoms with Crippen molar-refractivity contribution in [1.82, 2.24) is 0 Å². The average molecular weight is 296 g/mol. The fourth-order valence-electron chi connectivity index (χ4n) is 1.26. The van der Waals surface area contributed by atoms with Gasteiger partial charge >= 0.3 is 5.97 Å². The zero-order valence-corrected chi connectivity index (χ0v) is 11.3. The van der Waals surface area contributed by atoms with Crippen LogP contribution in [0.25, 0.3) is 0 Å². The van der Waals surface area contributed by atoms with E-state index >= 15 is 0 Å². The summed E-state index contributed by atoms with van der Waals surface area (Å²) in [6.07, 6.45) is 0. The number of methoxy groups -OCH3 is 1. The third-order valence-electron chi connectivity index (χ3n) is 2.24. The Morgan fingerprint density at radius 3 is 2.44 bits per heavy atom. The molecule has 100 valence electrons. The predicted octanol–water partition coefficient (Wildman–Crippen LogP) is 2.47. The van der Waals surface area contributed by atoms with Crippen molar-refractivity contribution in [2.24, 2.45) is 0 Å². The summed E-state index contributed by atoms with van der Waals surface area (Å²) in [5.74, 6) is -1.38. The maximum atomic E-state index is 12.9. The summed E-state index contributed by atoms with van der Waals surface area (Å²) in [4.78, 5) is 11.2. The van der Waals surface area contributed by atoms with E-state index in [1.54, 1.807) is 0 Å². The molecule has 1 aromatic rings. The molecule has 0 spiro atoms. The number of hydrogen-bond acceptors (Lipinski definition) is 4. The van der Waals surface area contributed by atoms with Crippen LogP contribution >= 0.6 is 23.2 Å². The van der Waals surface area contributed by atoms with Gasteiger partial charge in [0.1, 0.15) is 5.82 Å². The molecule has 1 aromatic carbocycles. The fourth-order valence-corrected chi connectivity index (χ4v) is 1.86. The molecule has 0 saturated heterocycles. The quantitative estimate of drug-likeness (QED) is 0.838. The number of esters is 1. The minimum atomic E-state index is -1.74. The van der Waals surface area contributed by atoms with E-state index in [4.69, 9.17) is 23.2 Å². The smallest absolute Gasteiger partial charge is 0.339 e. The second-order valence-electron chi connectivity index (χ2n) is 3.86. The Hall–Kier alpha value is -1.04. The number of benzene rings is 1. The molecule has 0 fully saturated rings. The van der Waals surface area contributed by atoms with Gasteiger partial charge < -0.3 is 15.2 Å². The zero-order chi connectivity index (χ0) is 13.9. The van der Waals surface area contributed by atoms with Crippen LogP contribution in [0.5, 0.6) is 0 Å². The average Bonchev–Trinajstić information content (AvgIpc) is 2.26. The van der Waals surface area contributed by atoms with Crippen molar-refractivity contribution in [2.45, 2.75) is 12.5 Å². The predicted molar refractivity (Wildman–Crippen MR) is 67.5 cm³/mol. The van der Waals surface area contributed by atoms with Crippen molar-refractivity contribution in [3.8, 4) is 0 Å². The second-order valence-corrected chi connectivity index (χ2v) is 4.68. The van der Waals surface area contributed by atoms with Crippen molar-refractivity contribution in [3.05, 3.63) is 28.0 Å². The summed E-state index contributed by atoms with van der Waals surface area (Å²) in [7, 11) is 1.16. The summed E-state index contributed by atoms with van der Waals surface area (Å²) < 4.78 is 17.4. The van der Waals surface area contributed by atoms with Crippen molar-refractivity contribution >= 4 is 34.9 Å². The third kappa shape index (κ3) is 3.48. The SMILES string of the molecule is COC(=O)C(C)(O)CNc1c(Cl)cc(F)cc1Cl. The number of rotatable bonds is 4. The molecule has 0 aliphatic carbocycles. The Morgan fingerprint density at radius 1 is 1.50 bits per heavy atom. The van der Waals surface area contributed by atoms with Crippen LogP contribution in [0.1, 0.15) is 6.92 Å². The van der Waals surface area contributed by atoms with Crippen LogP contribution in [0, 0.1) is 5.82 Å². The van der Waals surface area contributed by atoms with Gasteiger partial charge in [0, 0.05) is 0 Å². The van der Waals surface area contributed by atoms with Crippen LogP contribution in [-0.2, 0) is 9.53 Å². The normalized spacial score (nSPS) is 13.9. The minimum Gasteiger partial charge on any atom is -0.467 e. The molecule has 0 aliphatic heterocycles. The van der Waals surface area contributed by atoms with Gasteiger partial charge in [0.25, 0.3) is 0 Å². The number of hydrogen-bond donors (Lipinski definition) is 2. The molecule has 0 heterocycles. The first kappa shape index (κ1) is 15.0. The molecule has 0 aliphatic rings. The van der Waals surface area contributed by atoms with Gasteiger partial charge in [-0.15, -0.1) is 0 Å². The largest absolute Gasteiger partial charge is 0.467 e. The number of halogens is 3. The molecule has 0 amide bonds. The lowest BCUT2D eigenvalue weighted by atomic mass is 10.1. The number of aliphatic hydroxyl groups is 1. The van der Waals surface area contributed by atoms with E-state index in [0.717, 1.165) is 19.2 Å². The Kier molecular flexibility index (Phi) is 4.78. The standard InChI is InChI=1S/C11H12Cl2FNO3/c1-11(17,10(16)18-2)5-15-9-7(12)3-6(14)4-8(9)13/h3-4,15,17H,5H2,1-2H3. The Morgan fingerprint density at radius 2 is 2.00 bits per heavy atom. The van der Waals surface area contributed by atoms with Crippen LogP contribution in [0.2, 0.25) is 10.0 Å². The highest BCUT2D eigenvalue weighted by Gasteiger charge is 2.31. The van der Waals surface area contributed by atoms with Crippen LogP contribution in [0.3, 0.4) is 0 Å². The summed E-state index contributed by atoms with van der Waals surface area (Å²) in [5.41, 5.74) is -1.50. The van der Waals surface area contributed by atoms with Crippen molar-refractivity contribution in [2.75, 3.05) is 19.0 Å². The van der Waals surface area contributed by atoms with Crippen LogP contribution in [0.4, 0.5) is 10.1 Å². The van der Waals surface area contributed by atoms with Crippen LogP contribution in [-0.4, -0.2) is 30.3 Å². The molecule has 2 N–H and O–H groups in total. The molecule has 4 nitrogen and oxygen atoms in total. The van der Waals surface area contributed by atoms with Gasteiger partial charge in [-0.05, 0) is 19.1 Å². The maximum absolute atomic E-state index is 12.9. The van der Waals surface area contributed by atoms with Gasteiger partial charge in [-0.1, -0.05) is 23.2 Å². The molecule has 0 saturated carbocycles. The van der Waals surface area contributed by atoms with Gasteiger partial charge in [-0.25, -0.2) is 9.18 Å². The number of anilines is 1. The van der Waals surface area contributed by atoms with Crippen molar-refractivity contribution in [1.29, 1.82) is 0 Å². The lowest BCUT2D eigenvalue weighted by Crippen LogP contribution is -2.42. The van der Waals surface area contributed by atoms with E-state index in [-0.39, 0.29) is 22.3 Å². The zero-order valence-electron chi connectivity index (χ0n) is 9.76. The molecular formula is C11H12Cl2FNO3. The molecule has 0 bridgehead atoms. The Balaban J connectivity index is 2.84. The fraction of sp³-hybridized carbons (Fsp3) is 0.364.